The molecule has 0 saturated carbocycles. The lowest BCUT2D eigenvalue weighted by Crippen LogP contribution is -2.23. The van der Waals surface area contributed by atoms with Gasteiger partial charge in [0, 0.05) is 11.3 Å². The van der Waals surface area contributed by atoms with Gasteiger partial charge in [-0.3, -0.25) is 0 Å². The molecule has 1 atom stereocenters. The molecule has 0 fully saturated rings. The molecule has 0 aliphatic carbocycles. The summed E-state index contributed by atoms with van der Waals surface area (Å²) in [7, 11) is 1.29. The zero-order chi connectivity index (χ0) is 15.4. The molecule has 4 heteroatoms. The Kier molecular flexibility index (Phi) is 4.58. The number of anilines is 1. The van der Waals surface area contributed by atoms with Crippen LogP contribution in [0.15, 0.2) is 42.5 Å². The molecular formula is C17H18FNO2. The first-order valence-electron chi connectivity index (χ1n) is 6.68. The van der Waals surface area contributed by atoms with Crippen LogP contribution in [0.25, 0.3) is 0 Å². The van der Waals surface area contributed by atoms with Crippen molar-refractivity contribution in [3.63, 3.8) is 0 Å². The Hall–Kier alpha value is -2.36. The Bertz CT molecular complexity index is 638. The third-order valence-electron chi connectivity index (χ3n) is 3.26. The summed E-state index contributed by atoms with van der Waals surface area (Å²) in [4.78, 5) is 12.0. The number of rotatable bonds is 4. The van der Waals surface area contributed by atoms with Crippen LogP contribution in [0.1, 0.15) is 22.7 Å². The number of hydrogen-bond donors (Lipinski definition) is 1. The number of benzene rings is 2. The van der Waals surface area contributed by atoms with E-state index in [2.05, 4.69) is 5.32 Å². The Labute approximate surface area is 123 Å². The zero-order valence-electron chi connectivity index (χ0n) is 12.3. The van der Waals surface area contributed by atoms with Gasteiger partial charge in [0.25, 0.3) is 0 Å². The van der Waals surface area contributed by atoms with Gasteiger partial charge in [-0.1, -0.05) is 35.4 Å². The molecule has 0 bridgehead atoms. The van der Waals surface area contributed by atoms with Crippen molar-refractivity contribution in [1.82, 2.24) is 0 Å². The fourth-order valence-corrected chi connectivity index (χ4v) is 2.08. The van der Waals surface area contributed by atoms with E-state index in [0.29, 0.717) is 0 Å². The summed E-state index contributed by atoms with van der Waals surface area (Å²) in [5.41, 5.74) is 3.00. The molecule has 0 amide bonds. The second-order valence-electron chi connectivity index (χ2n) is 4.99. The van der Waals surface area contributed by atoms with Gasteiger partial charge >= 0.3 is 5.97 Å². The highest BCUT2D eigenvalue weighted by molar-refractivity contribution is 5.81. The van der Waals surface area contributed by atoms with Gasteiger partial charge in [-0.15, -0.1) is 0 Å². The van der Waals surface area contributed by atoms with Crippen molar-refractivity contribution in [3.05, 3.63) is 65.0 Å². The number of esters is 1. The van der Waals surface area contributed by atoms with E-state index in [4.69, 9.17) is 4.74 Å². The smallest absolute Gasteiger partial charge is 0.333 e. The van der Waals surface area contributed by atoms with Crippen molar-refractivity contribution in [2.75, 3.05) is 12.4 Å². The summed E-state index contributed by atoms with van der Waals surface area (Å²) in [6.45, 7) is 3.82. The molecule has 1 unspecified atom stereocenters. The highest BCUT2D eigenvalue weighted by Gasteiger charge is 2.24. The number of halogens is 1. The summed E-state index contributed by atoms with van der Waals surface area (Å²) in [6, 6.07) is 11.3. The minimum atomic E-state index is -0.877. The highest BCUT2D eigenvalue weighted by Crippen LogP contribution is 2.24. The molecule has 0 heterocycles. The number of nitrogens with one attached hydrogen (secondary N) is 1. The van der Waals surface area contributed by atoms with Crippen molar-refractivity contribution in [3.8, 4) is 0 Å². The molecule has 21 heavy (non-hydrogen) atoms. The van der Waals surface area contributed by atoms with Gasteiger partial charge in [0.2, 0.25) is 0 Å². The molecule has 3 nitrogen and oxygen atoms in total. The standard InChI is InChI=1S/C17H18FNO2/c1-11-4-7-13(8-5-11)19-16(17(20)21-3)14-10-12(2)6-9-15(14)18/h4-10,16,19H,1-3H3. The Morgan fingerprint density at radius 2 is 1.71 bits per heavy atom. The van der Waals surface area contributed by atoms with Crippen LogP contribution in [0, 0.1) is 19.7 Å². The molecule has 2 rings (SSSR count). The first-order valence-corrected chi connectivity index (χ1v) is 6.68. The first-order chi connectivity index (χ1) is 10.0. The van der Waals surface area contributed by atoms with Gasteiger partial charge in [-0.2, -0.15) is 0 Å². The minimum Gasteiger partial charge on any atom is -0.467 e. The summed E-state index contributed by atoms with van der Waals surface area (Å²) < 4.78 is 18.8. The molecule has 1 N–H and O–H groups in total. The summed E-state index contributed by atoms with van der Waals surface area (Å²) in [6.07, 6.45) is 0. The van der Waals surface area contributed by atoms with Gasteiger partial charge in [-0.05, 0) is 32.0 Å². The molecular weight excluding hydrogens is 269 g/mol. The maximum atomic E-state index is 14.0. The van der Waals surface area contributed by atoms with Crippen molar-refractivity contribution in [2.45, 2.75) is 19.9 Å². The van der Waals surface area contributed by atoms with E-state index in [1.807, 2.05) is 38.1 Å². The van der Waals surface area contributed by atoms with Crippen LogP contribution in [-0.4, -0.2) is 13.1 Å². The average Bonchev–Trinajstić information content (AvgIpc) is 2.48. The van der Waals surface area contributed by atoms with Crippen LogP contribution in [0.2, 0.25) is 0 Å². The van der Waals surface area contributed by atoms with Crippen LogP contribution < -0.4 is 5.32 Å². The maximum Gasteiger partial charge on any atom is 0.333 e. The SMILES string of the molecule is COC(=O)C(Nc1ccc(C)cc1)c1cc(C)ccc1F. The van der Waals surface area contributed by atoms with Gasteiger partial charge < -0.3 is 10.1 Å². The predicted octanol–water partition coefficient (Wildman–Crippen LogP) is 3.77. The Morgan fingerprint density at radius 3 is 2.33 bits per heavy atom. The predicted molar refractivity (Wildman–Crippen MR) is 80.7 cm³/mol. The van der Waals surface area contributed by atoms with E-state index in [9.17, 15) is 9.18 Å². The number of aryl methyl sites for hydroxylation is 2. The third kappa shape index (κ3) is 3.60. The van der Waals surface area contributed by atoms with E-state index in [1.54, 1.807) is 12.1 Å². The molecule has 0 radical (unpaired) electrons. The van der Waals surface area contributed by atoms with Gasteiger partial charge in [0.15, 0.2) is 6.04 Å². The topological polar surface area (TPSA) is 38.3 Å². The van der Waals surface area contributed by atoms with E-state index in [-0.39, 0.29) is 5.56 Å². The third-order valence-corrected chi connectivity index (χ3v) is 3.26. The van der Waals surface area contributed by atoms with Crippen LogP contribution in [0.3, 0.4) is 0 Å². The summed E-state index contributed by atoms with van der Waals surface area (Å²) in [5.74, 6) is -0.962. The van der Waals surface area contributed by atoms with Crippen LogP contribution in [0.4, 0.5) is 10.1 Å². The average molecular weight is 287 g/mol. The van der Waals surface area contributed by atoms with Crippen molar-refractivity contribution in [2.24, 2.45) is 0 Å². The second-order valence-corrected chi connectivity index (χ2v) is 4.99. The second kappa shape index (κ2) is 6.39. The Balaban J connectivity index is 2.36. The lowest BCUT2D eigenvalue weighted by Gasteiger charge is -2.19. The van der Waals surface area contributed by atoms with Crippen molar-refractivity contribution >= 4 is 11.7 Å². The van der Waals surface area contributed by atoms with Gasteiger partial charge in [0.1, 0.15) is 5.82 Å². The van der Waals surface area contributed by atoms with Gasteiger partial charge in [-0.25, -0.2) is 9.18 Å². The molecule has 2 aromatic carbocycles. The molecule has 0 aromatic heterocycles. The fraction of sp³-hybridized carbons (Fsp3) is 0.235. The van der Waals surface area contributed by atoms with Crippen LogP contribution in [0.5, 0.6) is 0 Å². The number of carbonyl (C=O) groups excluding carboxylic acids is 1. The summed E-state index contributed by atoms with van der Waals surface area (Å²) >= 11 is 0. The number of hydrogen-bond acceptors (Lipinski definition) is 3. The van der Waals surface area contributed by atoms with Crippen LogP contribution >= 0.6 is 0 Å². The fourth-order valence-electron chi connectivity index (χ4n) is 2.08. The zero-order valence-corrected chi connectivity index (χ0v) is 12.3. The molecule has 110 valence electrons. The minimum absolute atomic E-state index is 0.280. The molecule has 0 aliphatic rings. The van der Waals surface area contributed by atoms with Crippen molar-refractivity contribution < 1.29 is 13.9 Å². The molecule has 0 spiro atoms. The molecule has 0 aliphatic heterocycles. The number of ether oxygens (including phenoxy) is 1. The number of carbonyl (C=O) groups is 1. The van der Waals surface area contributed by atoms with Crippen LogP contribution in [-0.2, 0) is 9.53 Å². The van der Waals surface area contributed by atoms with E-state index >= 15 is 0 Å². The van der Waals surface area contributed by atoms with E-state index in [0.717, 1.165) is 16.8 Å². The van der Waals surface area contributed by atoms with E-state index in [1.165, 1.54) is 13.2 Å². The maximum absolute atomic E-state index is 14.0. The van der Waals surface area contributed by atoms with Gasteiger partial charge in [0.05, 0.1) is 7.11 Å². The van der Waals surface area contributed by atoms with Crippen molar-refractivity contribution in [1.29, 1.82) is 0 Å². The molecule has 2 aromatic rings. The summed E-state index contributed by atoms with van der Waals surface area (Å²) in [5, 5.41) is 3.03. The largest absolute Gasteiger partial charge is 0.467 e. The first kappa shape index (κ1) is 15.0. The van der Waals surface area contributed by atoms with E-state index < -0.39 is 17.8 Å². The molecule has 0 saturated heterocycles. The highest BCUT2D eigenvalue weighted by atomic mass is 19.1. The quantitative estimate of drug-likeness (QED) is 0.870. The lowest BCUT2D eigenvalue weighted by atomic mass is 10.0. The monoisotopic (exact) mass is 287 g/mol. The normalized spacial score (nSPS) is 11.8. The number of methoxy groups -OCH3 is 1. The Morgan fingerprint density at radius 1 is 1.10 bits per heavy atom. The lowest BCUT2D eigenvalue weighted by molar-refractivity contribution is -0.141.